The summed E-state index contributed by atoms with van der Waals surface area (Å²) in [5.74, 6) is -6.06. The first-order valence-corrected chi connectivity index (χ1v) is 25.6. The van der Waals surface area contributed by atoms with Crippen molar-refractivity contribution in [2.45, 2.75) is 92.6 Å². The first kappa shape index (κ1) is 53.2. The number of fused-ring (bicyclic) bond motifs is 5. The van der Waals surface area contributed by atoms with Crippen LogP contribution in [0.4, 0.5) is 0 Å². The Kier molecular flexibility index (Phi) is 16.5. The van der Waals surface area contributed by atoms with Crippen LogP contribution in [0.1, 0.15) is 66.2 Å². The van der Waals surface area contributed by atoms with Crippen molar-refractivity contribution >= 4 is 88.1 Å². The number of rotatable bonds is 20. The maximum absolute atomic E-state index is 14.4. The van der Waals surface area contributed by atoms with Gasteiger partial charge < -0.3 is 35.8 Å². The first-order chi connectivity index (χ1) is 33.8. The average molecular weight is 1030 g/mol. The molecule has 7 rings (SSSR count). The third-order valence-electron chi connectivity index (χ3n) is 14.7. The van der Waals surface area contributed by atoms with Gasteiger partial charge in [0.15, 0.2) is 11.4 Å². The van der Waals surface area contributed by atoms with Crippen molar-refractivity contribution in [1.29, 1.82) is 0 Å². The molecule has 5 N–H and O–H groups in total. The van der Waals surface area contributed by atoms with Crippen molar-refractivity contribution in [3.05, 3.63) is 94.3 Å². The van der Waals surface area contributed by atoms with Gasteiger partial charge in [0.05, 0.1) is 40.4 Å². The molecule has 20 heteroatoms. The number of carbonyl (C=O) groups is 9. The summed E-state index contributed by atoms with van der Waals surface area (Å²) in [7, 11) is 0. The zero-order valence-electron chi connectivity index (χ0n) is 39.9. The van der Waals surface area contributed by atoms with Crippen molar-refractivity contribution < 1.29 is 57.7 Å². The highest BCUT2D eigenvalue weighted by Gasteiger charge is 2.76. The van der Waals surface area contributed by atoms with E-state index in [1.54, 1.807) is 19.1 Å². The number of thioether (sulfide) groups is 2. The molecule has 8 atom stereocenters. The van der Waals surface area contributed by atoms with Gasteiger partial charge in [-0.1, -0.05) is 99.3 Å². The minimum Gasteiger partial charge on any atom is -0.450 e. The maximum Gasteiger partial charge on any atom is 0.306 e. The Bertz CT molecular complexity index is 2520. The minimum atomic E-state index is -1.68. The van der Waals surface area contributed by atoms with Crippen molar-refractivity contribution in [2.24, 2.45) is 28.6 Å². The van der Waals surface area contributed by atoms with Gasteiger partial charge in [-0.15, -0.1) is 11.6 Å². The van der Waals surface area contributed by atoms with E-state index < -0.39 is 113 Å². The number of hydrogen-bond donors (Lipinski definition) is 5. The number of amides is 6. The summed E-state index contributed by atoms with van der Waals surface area (Å²) in [5.41, 5.74) is -2.69. The Hall–Kier alpha value is -5.60. The molecule has 1 heterocycles. The Morgan fingerprint density at radius 3 is 1.92 bits per heavy atom. The highest BCUT2D eigenvalue weighted by atomic mass is 35.5. The van der Waals surface area contributed by atoms with E-state index in [4.69, 9.17) is 21.1 Å². The molecule has 5 aliphatic rings. The van der Waals surface area contributed by atoms with Crippen LogP contribution >= 0.6 is 35.1 Å². The fourth-order valence-electron chi connectivity index (χ4n) is 11.2. The normalized spacial score (nSPS) is 28.6. The number of allylic oxidation sites excluding steroid dienone is 4. The molecule has 0 saturated heterocycles. The molecule has 1 unspecified atom stereocenters. The molecule has 0 bridgehead atoms. The number of benzene rings is 2. The second kappa shape index (κ2) is 22.0. The second-order valence-electron chi connectivity index (χ2n) is 18.8. The van der Waals surface area contributed by atoms with E-state index in [9.17, 15) is 48.3 Å². The Labute approximate surface area is 425 Å². The van der Waals surface area contributed by atoms with Crippen LogP contribution in [-0.4, -0.2) is 119 Å². The van der Waals surface area contributed by atoms with Crippen molar-refractivity contribution in [2.75, 3.05) is 39.5 Å². The lowest BCUT2D eigenvalue weighted by Crippen LogP contribution is -2.69. The molecule has 0 spiro atoms. The van der Waals surface area contributed by atoms with Crippen LogP contribution in [0.15, 0.2) is 104 Å². The molecular weight excluding hydrogens is 974 g/mol. The monoisotopic (exact) mass is 1030 g/mol. The number of ether oxygens (including phenoxy) is 2. The molecule has 17 nitrogen and oxygen atoms in total. The number of alkyl halides is 1. The first-order valence-electron chi connectivity index (χ1n) is 23.6. The zero-order valence-corrected chi connectivity index (χ0v) is 42.3. The summed E-state index contributed by atoms with van der Waals surface area (Å²) in [6.07, 6.45) is 5.11. The van der Waals surface area contributed by atoms with Gasteiger partial charge in [-0.25, -0.2) is 0 Å². The fraction of sp³-hybridized carbons (Fsp3) is 0.471. The predicted octanol–water partition coefficient (Wildman–Crippen LogP) is 4.13. The van der Waals surface area contributed by atoms with Crippen LogP contribution in [-0.2, 0) is 52.6 Å². The lowest BCUT2D eigenvalue weighted by Gasteiger charge is -2.64. The van der Waals surface area contributed by atoms with Crippen LogP contribution in [0.3, 0.4) is 0 Å². The highest BCUT2D eigenvalue weighted by Crippen LogP contribution is 2.72. The number of Topliss-reactive ketones (excluding diaryl/α,β-unsaturated/α-hetero) is 1. The van der Waals surface area contributed by atoms with Gasteiger partial charge in [-0.3, -0.25) is 48.1 Å². The fourth-order valence-corrected chi connectivity index (χ4v) is 13.8. The largest absolute Gasteiger partial charge is 0.450 e. The molecule has 2 aromatic rings. The predicted molar refractivity (Wildman–Crippen MR) is 263 cm³/mol. The summed E-state index contributed by atoms with van der Waals surface area (Å²) >= 11 is 9.92. The molecule has 3 fully saturated rings. The van der Waals surface area contributed by atoms with Crippen LogP contribution in [0.2, 0.25) is 0 Å². The van der Waals surface area contributed by atoms with E-state index >= 15 is 0 Å². The van der Waals surface area contributed by atoms with Crippen LogP contribution in [0.25, 0.3) is 0 Å². The topological polar surface area (TPSA) is 244 Å². The summed E-state index contributed by atoms with van der Waals surface area (Å²) in [5, 5.41) is 21.6. The van der Waals surface area contributed by atoms with Crippen molar-refractivity contribution in [3.63, 3.8) is 0 Å². The van der Waals surface area contributed by atoms with E-state index in [-0.39, 0.29) is 53.2 Å². The van der Waals surface area contributed by atoms with Crippen LogP contribution < -0.4 is 21.3 Å². The molecule has 0 aromatic heterocycles. The number of aliphatic hydroxyl groups is 1. The van der Waals surface area contributed by atoms with Gasteiger partial charge in [-0.2, -0.15) is 0 Å². The SMILES string of the molecule is CCC(=O)O[C@]1(C(=O)COCNC(=O)CNC(=O)CNC(=O)CNC(=O)CCN2C(=O)C(Sc3ccccc3)=C(Sc3ccccc3)C2=O)[C@@H](C)CC2[C@@H]3CCC4=CC(=O)C=C[C@]4(C)[C@@]3(Cl)[C@@H](O)C[C@@]21C. The quantitative estimate of drug-likeness (QED) is 0.0412. The van der Waals surface area contributed by atoms with Crippen molar-refractivity contribution in [3.8, 4) is 0 Å². The standard InChI is InChI=1S/C51H58ClN5O12S2/c1-5-43(65)69-51(30(2)22-36-35-17-16-31-23-32(58)18-20-48(31,3)50(35,52)37(59)24-49(36,51)4)38(60)28-68-29-56-42(64)27-55-41(63)26-54-40(62)25-53-39(61)19-21-57-46(66)44(70-33-12-8-6-9-13-33)45(47(57)67)71-34-14-10-7-11-15-34/h6-15,18,20,23,30,35-37,59H,5,16-17,19,21-22,24-29H2,1-4H3,(H,53,61)(H,54,62)(H,55,63)(H,56,64)/t30-,35-,36?,37-,48-,49-,50-,51-/m0/s1. The Morgan fingerprint density at radius 2 is 1.35 bits per heavy atom. The maximum atomic E-state index is 14.4. The molecule has 6 amide bonds. The molecule has 4 aliphatic carbocycles. The van der Waals surface area contributed by atoms with Crippen LogP contribution in [0, 0.1) is 28.6 Å². The number of esters is 1. The number of nitrogens with zero attached hydrogens (tertiary/aromatic N) is 1. The van der Waals surface area contributed by atoms with Crippen molar-refractivity contribution in [1.82, 2.24) is 26.2 Å². The number of nitrogens with one attached hydrogen (secondary N) is 4. The van der Waals surface area contributed by atoms with Gasteiger partial charge in [0.1, 0.15) is 13.3 Å². The third kappa shape index (κ3) is 10.5. The van der Waals surface area contributed by atoms with E-state index in [2.05, 4.69) is 21.3 Å². The molecule has 1 aliphatic heterocycles. The number of carbonyl (C=O) groups excluding carboxylic acids is 9. The van der Waals surface area contributed by atoms with E-state index in [1.807, 2.05) is 81.4 Å². The van der Waals surface area contributed by atoms with E-state index in [1.165, 1.54) is 29.6 Å². The Balaban J connectivity index is 0.836. The summed E-state index contributed by atoms with van der Waals surface area (Å²) in [6.45, 7) is 4.53. The molecule has 0 radical (unpaired) electrons. The van der Waals surface area contributed by atoms with Crippen LogP contribution in [0.5, 0.6) is 0 Å². The second-order valence-corrected chi connectivity index (χ2v) is 21.6. The minimum absolute atomic E-state index is 0.000231. The summed E-state index contributed by atoms with van der Waals surface area (Å²) < 4.78 is 11.8. The molecule has 2 aromatic carbocycles. The average Bonchev–Trinajstić information content (AvgIpc) is 3.70. The number of hydrogen-bond acceptors (Lipinski definition) is 14. The lowest BCUT2D eigenvalue weighted by molar-refractivity contribution is -0.203. The third-order valence-corrected chi connectivity index (χ3v) is 17.9. The number of halogens is 1. The van der Waals surface area contributed by atoms with Gasteiger partial charge >= 0.3 is 5.97 Å². The van der Waals surface area contributed by atoms with Gasteiger partial charge in [0.2, 0.25) is 29.4 Å². The van der Waals surface area contributed by atoms with Gasteiger partial charge in [0.25, 0.3) is 11.8 Å². The molecule has 71 heavy (non-hydrogen) atoms. The van der Waals surface area contributed by atoms with Gasteiger partial charge in [-0.05, 0) is 73.9 Å². The van der Waals surface area contributed by atoms with E-state index in [0.29, 0.717) is 19.3 Å². The smallest absolute Gasteiger partial charge is 0.306 e. The lowest BCUT2D eigenvalue weighted by atomic mass is 9.45. The Morgan fingerprint density at radius 1 is 0.803 bits per heavy atom. The number of aliphatic hydroxyl groups excluding tert-OH is 1. The number of ketones is 2. The zero-order chi connectivity index (χ0) is 51.3. The molecular formula is C51H58ClN5O12S2. The highest BCUT2D eigenvalue weighted by molar-refractivity contribution is 8.08. The molecule has 3 saturated carbocycles. The van der Waals surface area contributed by atoms with Gasteiger partial charge in [0, 0.05) is 45.9 Å². The summed E-state index contributed by atoms with van der Waals surface area (Å²) in [6, 6.07) is 18.2. The number of imide groups is 1. The molecule has 378 valence electrons. The van der Waals surface area contributed by atoms with E-state index in [0.717, 1.165) is 20.3 Å². The summed E-state index contributed by atoms with van der Waals surface area (Å²) in [4.78, 5) is 119.